The fraction of sp³-hybridized carbons (Fsp3) is 0.292. The molecule has 1 unspecified atom stereocenters. The SMILES string of the molecule is COc1ccc(NC(=O)C2CCCN(Cc3cccc4ccccc34)C2)cc1Cl. The molecule has 1 N–H and O–H groups in total. The fourth-order valence-corrected chi connectivity index (χ4v) is 4.33. The van der Waals surface area contributed by atoms with Crippen molar-refractivity contribution in [2.24, 2.45) is 5.92 Å². The smallest absolute Gasteiger partial charge is 0.228 e. The summed E-state index contributed by atoms with van der Waals surface area (Å²) in [5.74, 6) is 0.622. The van der Waals surface area contributed by atoms with E-state index in [4.69, 9.17) is 16.3 Å². The molecule has 1 fully saturated rings. The van der Waals surface area contributed by atoms with Crippen LogP contribution < -0.4 is 10.1 Å². The highest BCUT2D eigenvalue weighted by Gasteiger charge is 2.26. The molecule has 1 saturated heterocycles. The first-order valence-corrected chi connectivity index (χ1v) is 10.4. The van der Waals surface area contributed by atoms with Crippen LogP contribution >= 0.6 is 11.6 Å². The summed E-state index contributed by atoms with van der Waals surface area (Å²) < 4.78 is 5.17. The molecule has 0 radical (unpaired) electrons. The standard InChI is InChI=1S/C24H25ClN2O2/c1-29-23-12-11-20(14-22(23)25)26-24(28)19-9-5-13-27(16-19)15-18-8-4-7-17-6-2-3-10-21(17)18/h2-4,6-8,10-12,14,19H,5,9,13,15-16H2,1H3,(H,26,28). The minimum atomic E-state index is -0.0281. The van der Waals surface area contributed by atoms with Crippen LogP contribution in [0.25, 0.3) is 10.8 Å². The van der Waals surface area contributed by atoms with Gasteiger partial charge in [-0.1, -0.05) is 54.1 Å². The van der Waals surface area contributed by atoms with Crippen molar-refractivity contribution in [1.82, 2.24) is 4.90 Å². The number of hydrogen-bond donors (Lipinski definition) is 1. The van der Waals surface area contributed by atoms with Gasteiger partial charge in [0, 0.05) is 18.8 Å². The zero-order chi connectivity index (χ0) is 20.2. The highest BCUT2D eigenvalue weighted by Crippen LogP contribution is 2.28. The van der Waals surface area contributed by atoms with Gasteiger partial charge in [0.05, 0.1) is 18.1 Å². The van der Waals surface area contributed by atoms with Crippen LogP contribution in [0.2, 0.25) is 5.02 Å². The number of amides is 1. The van der Waals surface area contributed by atoms with E-state index >= 15 is 0 Å². The number of nitrogens with zero attached hydrogens (tertiary/aromatic N) is 1. The lowest BCUT2D eigenvalue weighted by atomic mass is 9.96. The Kier molecular flexibility index (Phi) is 6.02. The molecular formula is C24H25ClN2O2. The first-order chi connectivity index (χ1) is 14.1. The monoisotopic (exact) mass is 408 g/mol. The predicted octanol–water partition coefficient (Wildman–Crippen LogP) is 5.35. The van der Waals surface area contributed by atoms with Gasteiger partial charge in [0.15, 0.2) is 0 Å². The number of halogens is 1. The maximum Gasteiger partial charge on any atom is 0.228 e. The van der Waals surface area contributed by atoms with Gasteiger partial charge in [0.2, 0.25) is 5.91 Å². The van der Waals surface area contributed by atoms with Crippen LogP contribution in [0.5, 0.6) is 5.75 Å². The largest absolute Gasteiger partial charge is 0.495 e. The molecule has 4 rings (SSSR count). The Morgan fingerprint density at radius 2 is 2.00 bits per heavy atom. The molecule has 1 aliphatic heterocycles. The Labute approximate surface area is 176 Å². The molecule has 3 aromatic rings. The summed E-state index contributed by atoms with van der Waals surface area (Å²) in [6, 6.07) is 20.2. The van der Waals surface area contributed by atoms with Crippen molar-refractivity contribution in [2.75, 3.05) is 25.5 Å². The van der Waals surface area contributed by atoms with E-state index in [1.165, 1.54) is 16.3 Å². The molecule has 5 heteroatoms. The fourth-order valence-electron chi connectivity index (χ4n) is 4.07. The third-order valence-corrected chi connectivity index (χ3v) is 5.86. The number of carbonyl (C=O) groups excluding carboxylic acids is 1. The Bertz CT molecular complexity index is 1020. The number of fused-ring (bicyclic) bond motifs is 1. The van der Waals surface area contributed by atoms with Crippen LogP contribution in [0.1, 0.15) is 18.4 Å². The normalized spacial score (nSPS) is 17.2. The first kappa shape index (κ1) is 19.7. The summed E-state index contributed by atoms with van der Waals surface area (Å²) >= 11 is 6.18. The van der Waals surface area contributed by atoms with Gasteiger partial charge in [-0.15, -0.1) is 0 Å². The number of carbonyl (C=O) groups is 1. The van der Waals surface area contributed by atoms with Gasteiger partial charge in [-0.25, -0.2) is 0 Å². The van der Waals surface area contributed by atoms with Crippen LogP contribution in [0.3, 0.4) is 0 Å². The third kappa shape index (κ3) is 4.55. The Hall–Kier alpha value is -2.56. The van der Waals surface area contributed by atoms with Gasteiger partial charge in [0.25, 0.3) is 0 Å². The summed E-state index contributed by atoms with van der Waals surface area (Å²) in [5, 5.41) is 6.05. The molecule has 1 aliphatic rings. The van der Waals surface area contributed by atoms with E-state index in [0.29, 0.717) is 16.5 Å². The zero-order valence-corrected chi connectivity index (χ0v) is 17.3. The lowest BCUT2D eigenvalue weighted by Gasteiger charge is -2.32. The van der Waals surface area contributed by atoms with E-state index in [9.17, 15) is 4.79 Å². The molecular weight excluding hydrogens is 384 g/mol. The number of anilines is 1. The number of rotatable bonds is 5. The van der Waals surface area contributed by atoms with E-state index in [2.05, 4.69) is 52.7 Å². The average Bonchev–Trinajstić information content (AvgIpc) is 2.74. The van der Waals surface area contributed by atoms with Crippen molar-refractivity contribution < 1.29 is 9.53 Å². The van der Waals surface area contributed by atoms with Crippen molar-refractivity contribution in [3.05, 3.63) is 71.2 Å². The number of piperidine rings is 1. The molecule has 0 aromatic heterocycles. The number of likely N-dealkylation sites (tertiary alicyclic amines) is 1. The highest BCUT2D eigenvalue weighted by molar-refractivity contribution is 6.32. The maximum atomic E-state index is 12.8. The summed E-state index contributed by atoms with van der Waals surface area (Å²) in [6.45, 7) is 2.64. The maximum absolute atomic E-state index is 12.8. The number of methoxy groups -OCH3 is 1. The van der Waals surface area contributed by atoms with Gasteiger partial charge in [-0.3, -0.25) is 9.69 Å². The molecule has 1 amide bonds. The Morgan fingerprint density at radius 3 is 2.83 bits per heavy atom. The minimum Gasteiger partial charge on any atom is -0.495 e. The summed E-state index contributed by atoms with van der Waals surface area (Å²) in [4.78, 5) is 15.2. The molecule has 1 atom stereocenters. The number of nitrogens with one attached hydrogen (secondary N) is 1. The number of hydrogen-bond acceptors (Lipinski definition) is 3. The van der Waals surface area contributed by atoms with Gasteiger partial charge in [-0.2, -0.15) is 0 Å². The van der Waals surface area contributed by atoms with Gasteiger partial charge in [-0.05, 0) is 53.9 Å². The minimum absolute atomic E-state index is 0.0281. The molecule has 0 spiro atoms. The van der Waals surface area contributed by atoms with E-state index in [1.54, 1.807) is 19.2 Å². The van der Waals surface area contributed by atoms with Gasteiger partial charge < -0.3 is 10.1 Å². The second kappa shape index (κ2) is 8.85. The van der Waals surface area contributed by atoms with E-state index in [1.807, 2.05) is 6.07 Å². The van der Waals surface area contributed by atoms with Crippen LogP contribution in [-0.2, 0) is 11.3 Å². The molecule has 150 valence electrons. The topological polar surface area (TPSA) is 41.6 Å². The molecule has 0 aliphatic carbocycles. The summed E-state index contributed by atoms with van der Waals surface area (Å²) in [5.41, 5.74) is 2.01. The quantitative estimate of drug-likeness (QED) is 0.618. The van der Waals surface area contributed by atoms with Crippen LogP contribution in [0.4, 0.5) is 5.69 Å². The third-order valence-electron chi connectivity index (χ3n) is 5.57. The Balaban J connectivity index is 1.42. The van der Waals surface area contributed by atoms with E-state index in [0.717, 1.165) is 32.5 Å². The van der Waals surface area contributed by atoms with E-state index < -0.39 is 0 Å². The molecule has 29 heavy (non-hydrogen) atoms. The molecule has 0 bridgehead atoms. The predicted molar refractivity (Wildman–Crippen MR) is 119 cm³/mol. The van der Waals surface area contributed by atoms with E-state index in [-0.39, 0.29) is 11.8 Å². The summed E-state index contributed by atoms with van der Waals surface area (Å²) in [6.07, 6.45) is 1.92. The number of benzene rings is 3. The van der Waals surface area contributed by atoms with Crippen molar-refractivity contribution in [2.45, 2.75) is 19.4 Å². The van der Waals surface area contributed by atoms with Gasteiger partial charge >= 0.3 is 0 Å². The molecule has 3 aromatic carbocycles. The van der Waals surface area contributed by atoms with Crippen molar-refractivity contribution in [3.63, 3.8) is 0 Å². The molecule has 0 saturated carbocycles. The highest BCUT2D eigenvalue weighted by atomic mass is 35.5. The van der Waals surface area contributed by atoms with Crippen molar-refractivity contribution >= 4 is 34.0 Å². The Morgan fingerprint density at radius 1 is 1.17 bits per heavy atom. The lowest BCUT2D eigenvalue weighted by Crippen LogP contribution is -2.40. The average molecular weight is 409 g/mol. The van der Waals surface area contributed by atoms with Crippen LogP contribution in [0.15, 0.2) is 60.7 Å². The first-order valence-electron chi connectivity index (χ1n) is 9.97. The van der Waals surface area contributed by atoms with Crippen molar-refractivity contribution in [1.29, 1.82) is 0 Å². The van der Waals surface area contributed by atoms with Crippen LogP contribution in [-0.4, -0.2) is 31.0 Å². The molecule has 4 nitrogen and oxygen atoms in total. The van der Waals surface area contributed by atoms with Gasteiger partial charge in [0.1, 0.15) is 5.75 Å². The lowest BCUT2D eigenvalue weighted by molar-refractivity contribution is -0.121. The second-order valence-electron chi connectivity index (χ2n) is 7.55. The second-order valence-corrected chi connectivity index (χ2v) is 7.96. The summed E-state index contributed by atoms with van der Waals surface area (Å²) in [7, 11) is 1.58. The zero-order valence-electron chi connectivity index (χ0n) is 16.5. The van der Waals surface area contributed by atoms with Crippen molar-refractivity contribution in [3.8, 4) is 5.75 Å². The number of ether oxygens (including phenoxy) is 1. The molecule has 1 heterocycles. The van der Waals surface area contributed by atoms with Crippen LogP contribution in [0, 0.1) is 5.92 Å².